The lowest BCUT2D eigenvalue weighted by Crippen LogP contribution is -2.44. The average molecular weight is 533 g/mol. The molecule has 2 aromatic heterocycles. The minimum absolute atomic E-state index is 0.0928. The molecule has 0 bridgehead atoms. The molecule has 3 aromatic rings. The summed E-state index contributed by atoms with van der Waals surface area (Å²) in [5.41, 5.74) is -2.22. The first-order valence-electron chi connectivity index (χ1n) is 12.6. The summed E-state index contributed by atoms with van der Waals surface area (Å²) < 4.78 is 60.1. The van der Waals surface area contributed by atoms with Crippen LogP contribution in [0.2, 0.25) is 0 Å². The van der Waals surface area contributed by atoms with E-state index in [9.17, 15) is 22.8 Å². The van der Waals surface area contributed by atoms with Crippen molar-refractivity contribution in [1.82, 2.24) is 19.9 Å². The molecule has 3 heterocycles. The summed E-state index contributed by atoms with van der Waals surface area (Å²) in [4.78, 5) is 34.4. The van der Waals surface area contributed by atoms with E-state index in [0.29, 0.717) is 24.4 Å². The lowest BCUT2D eigenvalue weighted by Gasteiger charge is -2.26. The van der Waals surface area contributed by atoms with Gasteiger partial charge >= 0.3 is 0 Å². The first-order valence-corrected chi connectivity index (χ1v) is 12.6. The second-order valence-electron chi connectivity index (χ2n) is 10.3. The highest BCUT2D eigenvalue weighted by Gasteiger charge is 2.40. The van der Waals surface area contributed by atoms with E-state index >= 15 is 4.39 Å². The van der Waals surface area contributed by atoms with Crippen molar-refractivity contribution in [3.8, 4) is 11.1 Å². The lowest BCUT2D eigenvalue weighted by atomic mass is 10.0. The molecule has 1 saturated carbocycles. The zero-order valence-corrected chi connectivity index (χ0v) is 21.1. The molecular formula is C26H28F4N6O2. The first kappa shape index (κ1) is 26.1. The van der Waals surface area contributed by atoms with E-state index in [2.05, 4.69) is 25.9 Å². The summed E-state index contributed by atoms with van der Waals surface area (Å²) in [5, 5.41) is 8.52. The molecule has 2 aliphatic rings. The minimum Gasteiger partial charge on any atom is -0.350 e. The van der Waals surface area contributed by atoms with Crippen molar-refractivity contribution in [1.29, 1.82) is 0 Å². The van der Waals surface area contributed by atoms with Crippen LogP contribution < -0.4 is 21.5 Å². The number of benzene rings is 1. The van der Waals surface area contributed by atoms with Gasteiger partial charge in [0.15, 0.2) is 17.5 Å². The largest absolute Gasteiger partial charge is 0.350 e. The number of pyridine rings is 1. The lowest BCUT2D eigenvalue weighted by molar-refractivity contribution is -0.117. The van der Waals surface area contributed by atoms with E-state index in [-0.39, 0.29) is 48.0 Å². The number of amides is 1. The molecule has 3 N–H and O–H groups in total. The number of aromatic nitrogens is 3. The second-order valence-corrected chi connectivity index (χ2v) is 10.3. The number of fused-ring (bicyclic) bond motifs is 1. The van der Waals surface area contributed by atoms with Crippen LogP contribution in [-0.4, -0.2) is 45.7 Å². The monoisotopic (exact) mass is 532 g/mol. The van der Waals surface area contributed by atoms with Crippen molar-refractivity contribution in [2.45, 2.75) is 51.9 Å². The van der Waals surface area contributed by atoms with Crippen molar-refractivity contribution >= 4 is 28.6 Å². The SMILES string of the molecule is CC(C)n1c(=O)c(-c2cc(F)c(NC(=O)[C@@H]3C[C@H]3C)c(F)c2F)cc2cnc(N[C@@H]3CNC[C@@H](F)C3)nc21. The molecule has 38 heavy (non-hydrogen) atoms. The van der Waals surface area contributed by atoms with Crippen molar-refractivity contribution in [3.05, 3.63) is 46.1 Å². The van der Waals surface area contributed by atoms with Gasteiger partial charge in [0.25, 0.3) is 5.56 Å². The van der Waals surface area contributed by atoms with Crippen LogP contribution in [0.25, 0.3) is 22.2 Å². The average Bonchev–Trinajstić information content (AvgIpc) is 3.60. The first-order chi connectivity index (χ1) is 18.0. The van der Waals surface area contributed by atoms with Crippen molar-refractivity contribution in [2.75, 3.05) is 23.7 Å². The summed E-state index contributed by atoms with van der Waals surface area (Å²) in [6, 6.07) is 1.28. The molecule has 4 atom stereocenters. The van der Waals surface area contributed by atoms with Gasteiger partial charge in [-0.2, -0.15) is 4.98 Å². The number of hydrogen-bond acceptors (Lipinski definition) is 6. The van der Waals surface area contributed by atoms with Crippen LogP contribution in [0.5, 0.6) is 0 Å². The maximum absolute atomic E-state index is 15.2. The number of anilines is 2. The van der Waals surface area contributed by atoms with Gasteiger partial charge in [0.2, 0.25) is 11.9 Å². The Balaban J connectivity index is 1.55. The molecule has 202 valence electrons. The zero-order valence-electron chi connectivity index (χ0n) is 21.1. The third kappa shape index (κ3) is 4.84. The standard InChI is InChI=1S/C26H28F4N6O2/c1-11(2)36-23-13(8-32-26(35-23)33-15-6-14(27)9-31-10-15)5-18(25(36)38)17-7-19(28)22(21(30)20(17)29)34-24(37)16-4-12(16)3/h5,7-8,11-12,14-16,31H,4,6,9-10H2,1-3H3,(H,34,37)(H,32,33,35)/t12-,14+,15+,16-/m1/s1. The topological polar surface area (TPSA) is 101 Å². The molecule has 12 heteroatoms. The number of alkyl halides is 1. The fraction of sp³-hybridized carbons (Fsp3) is 0.462. The maximum Gasteiger partial charge on any atom is 0.260 e. The number of carbonyl (C=O) groups excluding carboxylic acids is 1. The number of hydrogen-bond donors (Lipinski definition) is 3. The van der Waals surface area contributed by atoms with Crippen LogP contribution in [0.15, 0.2) is 23.1 Å². The van der Waals surface area contributed by atoms with Gasteiger partial charge in [-0.3, -0.25) is 14.2 Å². The Bertz CT molecular complexity index is 1480. The second kappa shape index (κ2) is 9.97. The summed E-state index contributed by atoms with van der Waals surface area (Å²) >= 11 is 0. The maximum atomic E-state index is 15.2. The highest BCUT2D eigenvalue weighted by atomic mass is 19.2. The van der Waals surface area contributed by atoms with Crippen LogP contribution in [0, 0.1) is 29.3 Å². The number of rotatable bonds is 6. The predicted molar refractivity (Wildman–Crippen MR) is 135 cm³/mol. The van der Waals surface area contributed by atoms with Gasteiger partial charge < -0.3 is 16.0 Å². The van der Waals surface area contributed by atoms with Crippen LogP contribution in [-0.2, 0) is 4.79 Å². The van der Waals surface area contributed by atoms with Gasteiger partial charge in [0.05, 0.1) is 5.56 Å². The zero-order chi connectivity index (χ0) is 27.3. The smallest absolute Gasteiger partial charge is 0.260 e. The summed E-state index contributed by atoms with van der Waals surface area (Å²) in [5.74, 6) is -4.91. The van der Waals surface area contributed by atoms with Crippen LogP contribution in [0.1, 0.15) is 39.7 Å². The molecule has 1 aromatic carbocycles. The number of nitrogens with zero attached hydrogens (tertiary/aromatic N) is 3. The molecule has 2 fully saturated rings. The third-order valence-electron chi connectivity index (χ3n) is 7.06. The summed E-state index contributed by atoms with van der Waals surface area (Å²) in [6.07, 6.45) is 1.27. The molecule has 0 radical (unpaired) electrons. The Morgan fingerprint density at radius 3 is 2.53 bits per heavy atom. The Kier molecular flexibility index (Phi) is 6.84. The van der Waals surface area contributed by atoms with E-state index in [0.717, 1.165) is 0 Å². The Hall–Kier alpha value is -3.54. The summed E-state index contributed by atoms with van der Waals surface area (Å²) in [6.45, 7) is 6.05. The van der Waals surface area contributed by atoms with Gasteiger partial charge in [-0.25, -0.2) is 22.5 Å². The van der Waals surface area contributed by atoms with Gasteiger partial charge in [-0.1, -0.05) is 6.92 Å². The van der Waals surface area contributed by atoms with E-state index in [1.165, 1.54) is 16.8 Å². The normalized spacial score (nSPS) is 23.1. The number of halogens is 4. The van der Waals surface area contributed by atoms with Gasteiger partial charge in [-0.05, 0) is 38.3 Å². The number of piperidine rings is 1. The van der Waals surface area contributed by atoms with E-state index in [1.807, 2.05) is 6.92 Å². The van der Waals surface area contributed by atoms with Gasteiger partial charge in [0, 0.05) is 54.7 Å². The third-order valence-corrected chi connectivity index (χ3v) is 7.06. The van der Waals surface area contributed by atoms with Gasteiger partial charge in [-0.15, -0.1) is 0 Å². The minimum atomic E-state index is -1.58. The van der Waals surface area contributed by atoms with Crippen molar-refractivity contribution in [3.63, 3.8) is 0 Å². The van der Waals surface area contributed by atoms with E-state index in [4.69, 9.17) is 0 Å². The summed E-state index contributed by atoms with van der Waals surface area (Å²) in [7, 11) is 0. The highest BCUT2D eigenvalue weighted by molar-refractivity contribution is 5.95. The number of nitrogens with one attached hydrogen (secondary N) is 3. The highest BCUT2D eigenvalue weighted by Crippen LogP contribution is 2.39. The Morgan fingerprint density at radius 1 is 1.13 bits per heavy atom. The molecule has 1 aliphatic heterocycles. The predicted octanol–water partition coefficient (Wildman–Crippen LogP) is 4.16. The quantitative estimate of drug-likeness (QED) is 0.326. The van der Waals surface area contributed by atoms with Crippen LogP contribution in [0.3, 0.4) is 0 Å². The van der Waals surface area contributed by atoms with Gasteiger partial charge in [0.1, 0.15) is 17.5 Å². The van der Waals surface area contributed by atoms with Crippen LogP contribution >= 0.6 is 0 Å². The molecular weight excluding hydrogens is 504 g/mol. The molecule has 5 rings (SSSR count). The molecule has 0 unspecified atom stereocenters. The van der Waals surface area contributed by atoms with E-state index < -0.39 is 52.4 Å². The molecule has 1 amide bonds. The molecule has 8 nitrogen and oxygen atoms in total. The Morgan fingerprint density at radius 2 is 1.87 bits per heavy atom. The molecule has 0 spiro atoms. The van der Waals surface area contributed by atoms with E-state index in [1.54, 1.807) is 13.8 Å². The Labute approximate surface area is 215 Å². The molecule has 1 aliphatic carbocycles. The number of carbonyl (C=O) groups is 1. The molecule has 1 saturated heterocycles. The fourth-order valence-electron chi connectivity index (χ4n) is 4.85. The van der Waals surface area contributed by atoms with Crippen molar-refractivity contribution in [2.24, 2.45) is 11.8 Å². The fourth-order valence-corrected chi connectivity index (χ4v) is 4.85. The van der Waals surface area contributed by atoms with Crippen molar-refractivity contribution < 1.29 is 22.4 Å². The van der Waals surface area contributed by atoms with Crippen LogP contribution in [0.4, 0.5) is 29.2 Å².